The Morgan fingerprint density at radius 1 is 1.10 bits per heavy atom. The number of amides is 1. The van der Waals surface area contributed by atoms with Crippen molar-refractivity contribution in [1.82, 2.24) is 5.32 Å². The topological polar surface area (TPSA) is 55.1 Å². The van der Waals surface area contributed by atoms with E-state index in [2.05, 4.69) is 26.1 Å². The number of rotatable bonds is 3. The number of carbonyl (C=O) groups excluding carboxylic acids is 1. The molecule has 3 heteroatoms. The van der Waals surface area contributed by atoms with Crippen LogP contribution in [0.1, 0.15) is 65.7 Å². The van der Waals surface area contributed by atoms with E-state index in [9.17, 15) is 4.79 Å². The van der Waals surface area contributed by atoms with Gasteiger partial charge in [-0.3, -0.25) is 4.79 Å². The van der Waals surface area contributed by atoms with E-state index in [1.54, 1.807) is 0 Å². The Labute approximate surface area is 124 Å². The molecule has 0 aromatic heterocycles. The first kappa shape index (κ1) is 15.8. The summed E-state index contributed by atoms with van der Waals surface area (Å²) < 4.78 is 0. The van der Waals surface area contributed by atoms with Crippen LogP contribution in [-0.4, -0.2) is 18.5 Å². The van der Waals surface area contributed by atoms with Gasteiger partial charge < -0.3 is 11.1 Å². The third-order valence-electron chi connectivity index (χ3n) is 5.61. The van der Waals surface area contributed by atoms with Gasteiger partial charge >= 0.3 is 0 Å². The van der Waals surface area contributed by atoms with Gasteiger partial charge in [0.15, 0.2) is 0 Å². The first-order valence-corrected chi connectivity index (χ1v) is 8.42. The molecule has 1 amide bonds. The molecule has 116 valence electrons. The Morgan fingerprint density at radius 2 is 1.75 bits per heavy atom. The van der Waals surface area contributed by atoms with Gasteiger partial charge in [-0.15, -0.1) is 0 Å². The lowest BCUT2D eigenvalue weighted by Gasteiger charge is -2.37. The Hall–Kier alpha value is -0.570. The lowest BCUT2D eigenvalue weighted by atomic mass is 9.69. The van der Waals surface area contributed by atoms with Crippen molar-refractivity contribution in [1.29, 1.82) is 0 Å². The van der Waals surface area contributed by atoms with E-state index in [1.165, 1.54) is 25.7 Å². The fourth-order valence-electron chi connectivity index (χ4n) is 4.03. The molecule has 0 aliphatic heterocycles. The van der Waals surface area contributed by atoms with Gasteiger partial charge in [-0.2, -0.15) is 0 Å². The molecular weight excluding hydrogens is 248 g/mol. The number of hydrogen-bond donors (Lipinski definition) is 2. The monoisotopic (exact) mass is 280 g/mol. The average molecular weight is 280 g/mol. The van der Waals surface area contributed by atoms with E-state index < -0.39 is 0 Å². The Balaban J connectivity index is 1.80. The third-order valence-corrected chi connectivity index (χ3v) is 5.61. The van der Waals surface area contributed by atoms with Gasteiger partial charge in [0, 0.05) is 12.0 Å². The van der Waals surface area contributed by atoms with Crippen molar-refractivity contribution in [2.45, 2.75) is 71.8 Å². The van der Waals surface area contributed by atoms with Gasteiger partial charge in [-0.05, 0) is 62.3 Å². The molecule has 0 bridgehead atoms. The molecule has 0 spiro atoms. The predicted octanol–water partition coefficient (Wildman–Crippen LogP) is 3.08. The fraction of sp³-hybridized carbons (Fsp3) is 0.941. The molecule has 0 heterocycles. The molecule has 0 radical (unpaired) electrons. The van der Waals surface area contributed by atoms with Gasteiger partial charge in [0.05, 0.1) is 0 Å². The molecule has 2 atom stereocenters. The van der Waals surface area contributed by atoms with Crippen LogP contribution in [0.2, 0.25) is 0 Å². The number of nitrogens with two attached hydrogens (primary N) is 1. The molecule has 2 aliphatic rings. The molecule has 0 aromatic carbocycles. The maximum absolute atomic E-state index is 12.4. The summed E-state index contributed by atoms with van der Waals surface area (Å²) in [4.78, 5) is 12.4. The Morgan fingerprint density at radius 3 is 2.30 bits per heavy atom. The molecule has 0 saturated heterocycles. The largest absolute Gasteiger partial charge is 0.353 e. The molecule has 20 heavy (non-hydrogen) atoms. The third kappa shape index (κ3) is 3.75. The lowest BCUT2D eigenvalue weighted by Crippen LogP contribution is -2.43. The minimum Gasteiger partial charge on any atom is -0.353 e. The highest BCUT2D eigenvalue weighted by molar-refractivity contribution is 5.79. The number of hydrogen-bond acceptors (Lipinski definition) is 2. The summed E-state index contributed by atoms with van der Waals surface area (Å²) in [7, 11) is 0. The minimum atomic E-state index is 0.243. The smallest absolute Gasteiger partial charge is 0.223 e. The van der Waals surface area contributed by atoms with Crippen LogP contribution in [0.3, 0.4) is 0 Å². The van der Waals surface area contributed by atoms with Gasteiger partial charge in [-0.1, -0.05) is 27.2 Å². The molecular formula is C17H32N2O. The summed E-state index contributed by atoms with van der Waals surface area (Å²) in [5, 5.41) is 3.28. The Bertz CT molecular complexity index is 326. The van der Waals surface area contributed by atoms with E-state index in [0.717, 1.165) is 25.2 Å². The van der Waals surface area contributed by atoms with Gasteiger partial charge in [0.1, 0.15) is 0 Å². The quantitative estimate of drug-likeness (QED) is 0.834. The van der Waals surface area contributed by atoms with E-state index in [0.29, 0.717) is 29.8 Å². The second-order valence-corrected chi connectivity index (χ2v) is 7.96. The first-order valence-electron chi connectivity index (χ1n) is 8.42. The molecule has 2 unspecified atom stereocenters. The van der Waals surface area contributed by atoms with Crippen LogP contribution >= 0.6 is 0 Å². The van der Waals surface area contributed by atoms with Crippen LogP contribution in [-0.2, 0) is 4.79 Å². The highest BCUT2D eigenvalue weighted by Gasteiger charge is 2.34. The van der Waals surface area contributed by atoms with E-state index >= 15 is 0 Å². The standard InChI is InChI=1S/C17H32N2O/c1-17(2,3)14-9-7-12(8-10-14)16(20)19-15-6-4-5-13(15)11-18/h12-15H,4-11,18H2,1-3H3,(H,19,20). The van der Waals surface area contributed by atoms with Crippen molar-refractivity contribution in [3.63, 3.8) is 0 Å². The van der Waals surface area contributed by atoms with Crippen LogP contribution in [0.4, 0.5) is 0 Å². The molecule has 2 rings (SSSR count). The van der Waals surface area contributed by atoms with Gasteiger partial charge in [-0.25, -0.2) is 0 Å². The molecule has 2 fully saturated rings. The summed E-state index contributed by atoms with van der Waals surface area (Å²) in [6.45, 7) is 7.68. The van der Waals surface area contributed by atoms with Crippen LogP contribution < -0.4 is 11.1 Å². The van der Waals surface area contributed by atoms with Crippen LogP contribution in [0.5, 0.6) is 0 Å². The maximum atomic E-state index is 12.4. The highest BCUT2D eigenvalue weighted by Crippen LogP contribution is 2.40. The summed E-state index contributed by atoms with van der Waals surface area (Å²) in [5.74, 6) is 1.81. The highest BCUT2D eigenvalue weighted by atomic mass is 16.1. The van der Waals surface area contributed by atoms with Crippen molar-refractivity contribution < 1.29 is 4.79 Å². The van der Waals surface area contributed by atoms with E-state index in [-0.39, 0.29) is 5.92 Å². The maximum Gasteiger partial charge on any atom is 0.223 e. The molecule has 0 aromatic rings. The number of carbonyl (C=O) groups is 1. The minimum absolute atomic E-state index is 0.243. The zero-order valence-corrected chi connectivity index (χ0v) is 13.5. The van der Waals surface area contributed by atoms with Crippen molar-refractivity contribution in [3.8, 4) is 0 Å². The fourth-order valence-corrected chi connectivity index (χ4v) is 4.03. The predicted molar refractivity (Wildman–Crippen MR) is 83.2 cm³/mol. The second-order valence-electron chi connectivity index (χ2n) is 7.96. The van der Waals surface area contributed by atoms with Crippen molar-refractivity contribution in [2.24, 2.45) is 28.9 Å². The average Bonchev–Trinajstić information content (AvgIpc) is 2.85. The van der Waals surface area contributed by atoms with Crippen LogP contribution in [0.25, 0.3) is 0 Å². The van der Waals surface area contributed by atoms with E-state index in [4.69, 9.17) is 5.73 Å². The van der Waals surface area contributed by atoms with Crippen LogP contribution in [0.15, 0.2) is 0 Å². The summed E-state index contributed by atoms with van der Waals surface area (Å²) in [6.07, 6.45) is 8.04. The molecule has 3 N–H and O–H groups in total. The van der Waals surface area contributed by atoms with Crippen molar-refractivity contribution in [2.75, 3.05) is 6.54 Å². The zero-order valence-electron chi connectivity index (χ0n) is 13.5. The summed E-state index contributed by atoms with van der Waals surface area (Å²) in [5.41, 5.74) is 6.18. The summed E-state index contributed by atoms with van der Waals surface area (Å²) >= 11 is 0. The molecule has 3 nitrogen and oxygen atoms in total. The lowest BCUT2D eigenvalue weighted by molar-refractivity contribution is -0.127. The molecule has 2 saturated carbocycles. The zero-order chi connectivity index (χ0) is 14.8. The SMILES string of the molecule is CC(C)(C)C1CCC(C(=O)NC2CCCC2CN)CC1. The van der Waals surface area contributed by atoms with E-state index in [1.807, 2.05) is 0 Å². The van der Waals surface area contributed by atoms with Crippen molar-refractivity contribution in [3.05, 3.63) is 0 Å². The normalized spacial score (nSPS) is 35.0. The summed E-state index contributed by atoms with van der Waals surface area (Å²) in [6, 6.07) is 0.341. The number of nitrogens with one attached hydrogen (secondary N) is 1. The molecule has 2 aliphatic carbocycles. The first-order chi connectivity index (χ1) is 9.41. The van der Waals surface area contributed by atoms with Crippen molar-refractivity contribution >= 4 is 5.91 Å². The Kier molecular flexibility index (Phi) is 5.11. The van der Waals surface area contributed by atoms with Gasteiger partial charge in [0.2, 0.25) is 5.91 Å². The second kappa shape index (κ2) is 6.46. The van der Waals surface area contributed by atoms with Gasteiger partial charge in [0.25, 0.3) is 0 Å². The van der Waals surface area contributed by atoms with Crippen LogP contribution in [0, 0.1) is 23.2 Å².